The van der Waals surface area contributed by atoms with Crippen molar-refractivity contribution in [1.29, 1.82) is 5.26 Å². The molecule has 1 N–H and O–H groups in total. The van der Waals surface area contributed by atoms with Gasteiger partial charge in [-0.25, -0.2) is 4.98 Å². The molecule has 0 bridgehead atoms. The van der Waals surface area contributed by atoms with E-state index in [-0.39, 0.29) is 12.4 Å². The minimum absolute atomic E-state index is 0.158. The van der Waals surface area contributed by atoms with Gasteiger partial charge in [-0.3, -0.25) is 10.2 Å². The summed E-state index contributed by atoms with van der Waals surface area (Å²) < 4.78 is 4.87. The van der Waals surface area contributed by atoms with Gasteiger partial charge in [-0.05, 0) is 24.6 Å². The Bertz CT molecular complexity index is 701. The molecule has 0 unspecified atom stereocenters. The van der Waals surface area contributed by atoms with Gasteiger partial charge in [0.1, 0.15) is 0 Å². The Labute approximate surface area is 132 Å². The van der Waals surface area contributed by atoms with E-state index in [1.54, 1.807) is 42.8 Å². The Morgan fingerprint density at radius 3 is 2.95 bits per heavy atom. The summed E-state index contributed by atoms with van der Waals surface area (Å²) >= 11 is 1.36. The molecule has 1 aromatic carbocycles. The van der Waals surface area contributed by atoms with E-state index in [1.807, 2.05) is 0 Å². The lowest BCUT2D eigenvalue weighted by molar-refractivity contribution is -0.142. The molecule has 0 radical (unpaired) electrons. The SMILES string of the molecule is CCOC(=O)Cc1csc(NN=Cc2ccc(C#N)cc2)n1. The van der Waals surface area contributed by atoms with Gasteiger partial charge in [0.2, 0.25) is 5.13 Å². The minimum atomic E-state index is -0.291. The highest BCUT2D eigenvalue weighted by molar-refractivity contribution is 7.13. The number of ether oxygens (including phenoxy) is 1. The Morgan fingerprint density at radius 1 is 1.50 bits per heavy atom. The zero-order valence-corrected chi connectivity index (χ0v) is 12.8. The second kappa shape index (κ2) is 7.90. The predicted molar refractivity (Wildman–Crippen MR) is 84.8 cm³/mol. The van der Waals surface area contributed by atoms with Gasteiger partial charge in [0.15, 0.2) is 0 Å². The molecule has 0 spiro atoms. The Balaban J connectivity index is 1.88. The number of hydrogen-bond acceptors (Lipinski definition) is 7. The van der Waals surface area contributed by atoms with E-state index < -0.39 is 0 Å². The van der Waals surface area contributed by atoms with E-state index in [1.165, 1.54) is 11.3 Å². The highest BCUT2D eigenvalue weighted by Gasteiger charge is 2.07. The number of carbonyl (C=O) groups is 1. The number of anilines is 1. The monoisotopic (exact) mass is 314 g/mol. The third-order valence-corrected chi connectivity index (χ3v) is 3.39. The maximum atomic E-state index is 11.3. The van der Waals surface area contributed by atoms with Crippen LogP contribution in [0.25, 0.3) is 0 Å². The fourth-order valence-electron chi connectivity index (χ4n) is 1.61. The fourth-order valence-corrected chi connectivity index (χ4v) is 2.26. The second-order valence-corrected chi connectivity index (χ2v) is 5.09. The molecule has 1 heterocycles. The molecule has 22 heavy (non-hydrogen) atoms. The lowest BCUT2D eigenvalue weighted by atomic mass is 10.2. The number of nitriles is 1. The van der Waals surface area contributed by atoms with Crippen molar-refractivity contribution in [3.63, 3.8) is 0 Å². The molecule has 2 aromatic rings. The third kappa shape index (κ3) is 4.68. The number of nitrogens with zero attached hydrogens (tertiary/aromatic N) is 3. The van der Waals surface area contributed by atoms with Gasteiger partial charge >= 0.3 is 5.97 Å². The second-order valence-electron chi connectivity index (χ2n) is 4.23. The van der Waals surface area contributed by atoms with E-state index in [0.29, 0.717) is 23.0 Å². The number of esters is 1. The van der Waals surface area contributed by atoms with Gasteiger partial charge in [-0.2, -0.15) is 10.4 Å². The predicted octanol–water partition coefficient (Wildman–Crippen LogP) is 2.57. The van der Waals surface area contributed by atoms with Crippen LogP contribution in [0.3, 0.4) is 0 Å². The molecule has 0 aliphatic heterocycles. The van der Waals surface area contributed by atoms with Crippen molar-refractivity contribution in [3.05, 3.63) is 46.5 Å². The molecule has 0 atom stereocenters. The summed E-state index contributed by atoms with van der Waals surface area (Å²) in [7, 11) is 0. The Kier molecular flexibility index (Phi) is 5.63. The van der Waals surface area contributed by atoms with Crippen LogP contribution in [0, 0.1) is 11.3 Å². The lowest BCUT2D eigenvalue weighted by Crippen LogP contribution is -2.07. The highest BCUT2D eigenvalue weighted by Crippen LogP contribution is 2.16. The van der Waals surface area contributed by atoms with Crippen molar-refractivity contribution < 1.29 is 9.53 Å². The van der Waals surface area contributed by atoms with Gasteiger partial charge in [0.25, 0.3) is 0 Å². The van der Waals surface area contributed by atoms with Crippen LogP contribution >= 0.6 is 11.3 Å². The van der Waals surface area contributed by atoms with Gasteiger partial charge in [-0.15, -0.1) is 11.3 Å². The summed E-state index contributed by atoms with van der Waals surface area (Å²) in [5, 5.41) is 15.2. The normalized spacial score (nSPS) is 10.4. The number of aromatic nitrogens is 1. The van der Waals surface area contributed by atoms with Gasteiger partial charge in [-0.1, -0.05) is 12.1 Å². The van der Waals surface area contributed by atoms with E-state index in [9.17, 15) is 4.79 Å². The first-order chi connectivity index (χ1) is 10.7. The van der Waals surface area contributed by atoms with Crippen molar-refractivity contribution in [2.75, 3.05) is 12.0 Å². The standard InChI is InChI=1S/C15H14N4O2S/c1-2-21-14(20)7-13-10-22-15(18-13)19-17-9-12-5-3-11(8-16)4-6-12/h3-6,9-10H,2,7H2,1H3,(H,18,19). The summed E-state index contributed by atoms with van der Waals surface area (Å²) in [6, 6.07) is 9.11. The molecule has 112 valence electrons. The molecule has 0 saturated heterocycles. The van der Waals surface area contributed by atoms with Crippen molar-refractivity contribution in [2.24, 2.45) is 5.10 Å². The number of benzene rings is 1. The van der Waals surface area contributed by atoms with Crippen LogP contribution in [0.5, 0.6) is 0 Å². The van der Waals surface area contributed by atoms with Crippen LogP contribution in [0.1, 0.15) is 23.7 Å². The van der Waals surface area contributed by atoms with E-state index >= 15 is 0 Å². The van der Waals surface area contributed by atoms with Crippen LogP contribution < -0.4 is 5.43 Å². The average Bonchev–Trinajstić information content (AvgIpc) is 2.95. The fraction of sp³-hybridized carbons (Fsp3) is 0.200. The first-order valence-electron chi connectivity index (χ1n) is 6.60. The maximum absolute atomic E-state index is 11.3. The lowest BCUT2D eigenvalue weighted by Gasteiger charge is -1.98. The molecule has 0 aliphatic rings. The van der Waals surface area contributed by atoms with Gasteiger partial charge < -0.3 is 4.74 Å². The summed E-state index contributed by atoms with van der Waals surface area (Å²) in [4.78, 5) is 15.6. The van der Waals surface area contributed by atoms with Crippen LogP contribution in [-0.4, -0.2) is 23.8 Å². The van der Waals surface area contributed by atoms with Crippen molar-refractivity contribution >= 4 is 28.7 Å². The molecule has 0 aliphatic carbocycles. The molecule has 7 heteroatoms. The van der Waals surface area contributed by atoms with E-state index in [0.717, 1.165) is 5.56 Å². The summed E-state index contributed by atoms with van der Waals surface area (Å²) in [5.41, 5.74) is 4.93. The quantitative estimate of drug-likeness (QED) is 0.503. The van der Waals surface area contributed by atoms with Crippen LogP contribution in [0.4, 0.5) is 5.13 Å². The smallest absolute Gasteiger partial charge is 0.311 e. The minimum Gasteiger partial charge on any atom is -0.466 e. The topological polar surface area (TPSA) is 87.4 Å². The molecule has 0 fully saturated rings. The van der Waals surface area contributed by atoms with E-state index in [2.05, 4.69) is 21.6 Å². The van der Waals surface area contributed by atoms with Crippen molar-refractivity contribution in [1.82, 2.24) is 4.98 Å². The number of carbonyl (C=O) groups excluding carboxylic acids is 1. The maximum Gasteiger partial charge on any atom is 0.311 e. The summed E-state index contributed by atoms with van der Waals surface area (Å²) in [5.74, 6) is -0.291. The first kappa shape index (κ1) is 15.7. The number of rotatable bonds is 6. The van der Waals surface area contributed by atoms with Crippen molar-refractivity contribution in [2.45, 2.75) is 13.3 Å². The van der Waals surface area contributed by atoms with Gasteiger partial charge in [0, 0.05) is 5.38 Å². The molecule has 1 aromatic heterocycles. The molecule has 6 nitrogen and oxygen atoms in total. The summed E-state index contributed by atoms with van der Waals surface area (Å²) in [6.45, 7) is 2.13. The number of hydrazone groups is 1. The van der Waals surface area contributed by atoms with Gasteiger partial charge in [0.05, 0.1) is 36.6 Å². The Morgan fingerprint density at radius 2 is 2.27 bits per heavy atom. The molecule has 0 amide bonds. The molecular formula is C15H14N4O2S. The number of nitrogens with one attached hydrogen (secondary N) is 1. The van der Waals surface area contributed by atoms with E-state index in [4.69, 9.17) is 10.00 Å². The highest BCUT2D eigenvalue weighted by atomic mass is 32.1. The van der Waals surface area contributed by atoms with Crippen molar-refractivity contribution in [3.8, 4) is 6.07 Å². The number of hydrogen-bond donors (Lipinski definition) is 1. The Hall–Kier alpha value is -2.72. The van der Waals surface area contributed by atoms with Crippen LogP contribution in [0.15, 0.2) is 34.7 Å². The van der Waals surface area contributed by atoms with Crippen LogP contribution in [-0.2, 0) is 16.0 Å². The van der Waals surface area contributed by atoms with Crippen LogP contribution in [0.2, 0.25) is 0 Å². The largest absolute Gasteiger partial charge is 0.466 e. The molecule has 0 saturated carbocycles. The average molecular weight is 314 g/mol. The molecular weight excluding hydrogens is 300 g/mol. The number of thiazole rings is 1. The first-order valence-corrected chi connectivity index (χ1v) is 7.48. The summed E-state index contributed by atoms with van der Waals surface area (Å²) in [6.07, 6.45) is 1.79. The zero-order chi connectivity index (χ0) is 15.8. The third-order valence-electron chi connectivity index (χ3n) is 2.60. The zero-order valence-electron chi connectivity index (χ0n) is 11.9. The molecule has 2 rings (SSSR count).